The molecule has 1 fully saturated rings. The summed E-state index contributed by atoms with van der Waals surface area (Å²) in [5, 5.41) is 11.1. The fourth-order valence-electron chi connectivity index (χ4n) is 5.82. The van der Waals surface area contributed by atoms with Crippen LogP contribution in [0.5, 0.6) is 11.5 Å². The first kappa shape index (κ1) is 30.1. The molecule has 4 atom stereocenters. The van der Waals surface area contributed by atoms with E-state index >= 15 is 0 Å². The number of cyclic esters (lactones) is 1. The largest absolute Gasteiger partial charge is 0.496 e. The molecule has 3 aliphatic rings. The lowest BCUT2D eigenvalue weighted by molar-refractivity contribution is -0.209. The molecular weight excluding hydrogens is 536 g/mol. The van der Waals surface area contributed by atoms with E-state index in [2.05, 4.69) is 0 Å². The van der Waals surface area contributed by atoms with Crippen LogP contribution in [0, 0.1) is 11.8 Å². The normalized spacial score (nSPS) is 25.4. The third-order valence-electron chi connectivity index (χ3n) is 8.03. The van der Waals surface area contributed by atoms with E-state index in [4.69, 9.17) is 28.4 Å². The molecule has 42 heavy (non-hydrogen) atoms. The van der Waals surface area contributed by atoms with Crippen molar-refractivity contribution >= 4 is 5.97 Å². The van der Waals surface area contributed by atoms with Crippen molar-refractivity contribution in [3.63, 3.8) is 0 Å². The van der Waals surface area contributed by atoms with Gasteiger partial charge in [0.25, 0.3) is 0 Å². The van der Waals surface area contributed by atoms with Gasteiger partial charge in [-0.25, -0.2) is 4.79 Å². The lowest BCUT2D eigenvalue weighted by atomic mass is 9.81. The summed E-state index contributed by atoms with van der Waals surface area (Å²) in [5.41, 5.74) is 1.42. The number of para-hydroxylation sites is 1. The lowest BCUT2D eigenvalue weighted by Crippen LogP contribution is -2.44. The van der Waals surface area contributed by atoms with Crippen molar-refractivity contribution in [1.82, 2.24) is 0 Å². The Hall–Kier alpha value is -3.33. The summed E-state index contributed by atoms with van der Waals surface area (Å²) in [6, 6.07) is 15.6. The molecule has 2 aromatic carbocycles. The number of aliphatic hydroxyl groups is 1. The van der Waals surface area contributed by atoms with E-state index < -0.39 is 24.0 Å². The fourth-order valence-corrected chi connectivity index (χ4v) is 5.82. The molecule has 226 valence electrons. The van der Waals surface area contributed by atoms with Crippen LogP contribution in [-0.4, -0.2) is 49.4 Å². The van der Waals surface area contributed by atoms with Gasteiger partial charge in [-0.1, -0.05) is 62.4 Å². The van der Waals surface area contributed by atoms with Crippen LogP contribution in [0.3, 0.4) is 0 Å². The Kier molecular flexibility index (Phi) is 9.56. The molecule has 0 amide bonds. The van der Waals surface area contributed by atoms with Gasteiger partial charge < -0.3 is 33.5 Å². The molecule has 2 heterocycles. The van der Waals surface area contributed by atoms with Crippen molar-refractivity contribution in [2.75, 3.05) is 20.3 Å². The minimum atomic E-state index is -1.17. The van der Waals surface area contributed by atoms with E-state index in [1.54, 1.807) is 0 Å². The average molecular weight is 579 g/mol. The van der Waals surface area contributed by atoms with E-state index in [1.165, 1.54) is 7.11 Å². The second-order valence-corrected chi connectivity index (χ2v) is 11.8. The van der Waals surface area contributed by atoms with Crippen molar-refractivity contribution in [3.05, 3.63) is 82.6 Å². The van der Waals surface area contributed by atoms with Crippen molar-refractivity contribution in [3.8, 4) is 11.5 Å². The Morgan fingerprint density at radius 2 is 1.90 bits per heavy atom. The SMILES string of the molecule is COC1=C2C(=O)OCC3CCCOC3OCc3cccc(OCc4ccccc4)c3OC2(C)CC=C1C(O)CC(C)C. The quantitative estimate of drug-likeness (QED) is 0.408. The number of esters is 1. The van der Waals surface area contributed by atoms with Crippen LogP contribution in [0.25, 0.3) is 0 Å². The number of methoxy groups -OCH3 is 1. The molecule has 0 radical (unpaired) electrons. The van der Waals surface area contributed by atoms with Gasteiger partial charge in [-0.15, -0.1) is 0 Å². The third-order valence-corrected chi connectivity index (χ3v) is 8.03. The Morgan fingerprint density at radius 3 is 2.67 bits per heavy atom. The van der Waals surface area contributed by atoms with Gasteiger partial charge in [-0.05, 0) is 43.7 Å². The predicted octanol–water partition coefficient (Wildman–Crippen LogP) is 5.87. The summed E-state index contributed by atoms with van der Waals surface area (Å²) in [5.74, 6) is 0.870. The molecule has 0 bridgehead atoms. The van der Waals surface area contributed by atoms with E-state index in [1.807, 2.05) is 75.4 Å². The van der Waals surface area contributed by atoms with Crippen LogP contribution in [0.1, 0.15) is 57.6 Å². The maximum Gasteiger partial charge on any atom is 0.341 e. The highest BCUT2D eigenvalue weighted by Crippen LogP contribution is 2.44. The van der Waals surface area contributed by atoms with Gasteiger partial charge >= 0.3 is 5.97 Å². The maximum atomic E-state index is 13.9. The lowest BCUT2D eigenvalue weighted by Gasteiger charge is -2.39. The van der Waals surface area contributed by atoms with Crippen LogP contribution in [0.4, 0.5) is 0 Å². The first-order valence-corrected chi connectivity index (χ1v) is 14.8. The summed E-state index contributed by atoms with van der Waals surface area (Å²) >= 11 is 0. The predicted molar refractivity (Wildman–Crippen MR) is 157 cm³/mol. The van der Waals surface area contributed by atoms with Gasteiger partial charge in [0.2, 0.25) is 0 Å². The zero-order chi connectivity index (χ0) is 29.7. The zero-order valence-corrected chi connectivity index (χ0v) is 25.0. The summed E-state index contributed by atoms with van der Waals surface area (Å²) in [7, 11) is 1.51. The average Bonchev–Trinajstić information content (AvgIpc) is 2.98. The number of hydrogen-bond acceptors (Lipinski definition) is 8. The van der Waals surface area contributed by atoms with Gasteiger partial charge in [0.05, 0.1) is 26.4 Å². The van der Waals surface area contributed by atoms with E-state index in [0.29, 0.717) is 43.1 Å². The fraction of sp³-hybridized carbons (Fsp3) is 0.500. The molecule has 0 spiro atoms. The van der Waals surface area contributed by atoms with Crippen molar-refractivity contribution in [1.29, 1.82) is 0 Å². The van der Waals surface area contributed by atoms with Gasteiger partial charge in [0, 0.05) is 30.1 Å². The molecule has 1 saturated heterocycles. The van der Waals surface area contributed by atoms with Gasteiger partial charge in [-0.3, -0.25) is 0 Å². The number of hydrogen-bond donors (Lipinski definition) is 1. The molecule has 8 heteroatoms. The topological polar surface area (TPSA) is 92.7 Å². The number of fused-ring (bicyclic) bond motifs is 3. The summed E-state index contributed by atoms with van der Waals surface area (Å²) in [6.07, 6.45) is 3.10. The van der Waals surface area contributed by atoms with E-state index in [0.717, 1.165) is 24.0 Å². The molecule has 5 rings (SSSR count). The molecule has 0 saturated carbocycles. The highest BCUT2D eigenvalue weighted by molar-refractivity contribution is 5.93. The first-order chi connectivity index (χ1) is 20.3. The minimum Gasteiger partial charge on any atom is -0.496 e. The zero-order valence-electron chi connectivity index (χ0n) is 25.0. The van der Waals surface area contributed by atoms with E-state index in [9.17, 15) is 9.90 Å². The number of benzene rings is 2. The minimum absolute atomic E-state index is 0.119. The number of aliphatic hydroxyl groups excluding tert-OH is 1. The van der Waals surface area contributed by atoms with Gasteiger partial charge in [-0.2, -0.15) is 0 Å². The van der Waals surface area contributed by atoms with Crippen molar-refractivity contribution in [2.45, 2.75) is 77.7 Å². The summed E-state index contributed by atoms with van der Waals surface area (Å²) in [6.45, 7) is 7.23. The molecule has 2 aliphatic heterocycles. The van der Waals surface area contributed by atoms with Crippen LogP contribution in [0.15, 0.2) is 71.5 Å². The van der Waals surface area contributed by atoms with Crippen LogP contribution < -0.4 is 9.47 Å². The highest BCUT2D eigenvalue weighted by atomic mass is 16.7. The third kappa shape index (κ3) is 6.66. The molecule has 0 aromatic heterocycles. The van der Waals surface area contributed by atoms with E-state index in [-0.39, 0.29) is 36.4 Å². The Bertz CT molecular complexity index is 1300. The molecule has 4 unspecified atom stereocenters. The maximum absolute atomic E-state index is 13.9. The van der Waals surface area contributed by atoms with Crippen LogP contribution in [0.2, 0.25) is 0 Å². The molecule has 2 aromatic rings. The Morgan fingerprint density at radius 1 is 1.10 bits per heavy atom. The second kappa shape index (κ2) is 13.3. The summed E-state index contributed by atoms with van der Waals surface area (Å²) < 4.78 is 37.1. The summed E-state index contributed by atoms with van der Waals surface area (Å²) in [4.78, 5) is 13.9. The monoisotopic (exact) mass is 578 g/mol. The number of carbonyl (C=O) groups excluding carboxylic acids is 1. The molecule has 1 N–H and O–H groups in total. The molecule has 1 aliphatic carbocycles. The Balaban J connectivity index is 1.58. The van der Waals surface area contributed by atoms with Crippen LogP contribution in [-0.2, 0) is 37.0 Å². The number of rotatable bonds is 7. The van der Waals surface area contributed by atoms with Crippen molar-refractivity contribution in [2.24, 2.45) is 11.8 Å². The van der Waals surface area contributed by atoms with Gasteiger partial charge in [0.1, 0.15) is 23.5 Å². The van der Waals surface area contributed by atoms with Crippen LogP contribution >= 0.6 is 0 Å². The number of carbonyl (C=O) groups is 1. The smallest absolute Gasteiger partial charge is 0.341 e. The Labute approximate surface area is 248 Å². The number of ether oxygens (including phenoxy) is 6. The second-order valence-electron chi connectivity index (χ2n) is 11.8. The standard InChI is InChI=1S/C34H42O8/c1-22(2)18-27(35)26-15-16-34(3)29(31(26)37-4)32(36)40-21-25-13-9-17-38-33(25)41-20-24-12-8-14-28(30(24)42-34)39-19-23-10-6-5-7-11-23/h5-8,10-12,14-15,22,25,27,33,35H,9,13,16-21H2,1-4H3. The molecular formula is C34H42O8. The van der Waals surface area contributed by atoms with Gasteiger partial charge in [0.15, 0.2) is 17.8 Å². The highest BCUT2D eigenvalue weighted by Gasteiger charge is 2.45. The van der Waals surface area contributed by atoms with Crippen molar-refractivity contribution < 1.29 is 38.3 Å². The molecule has 8 nitrogen and oxygen atoms in total. The first-order valence-electron chi connectivity index (χ1n) is 14.8.